The Kier molecular flexibility index (Phi) is 5.18. The van der Waals surface area contributed by atoms with E-state index in [9.17, 15) is 30.4 Å². The van der Waals surface area contributed by atoms with Crippen molar-refractivity contribution in [3.8, 4) is 16.9 Å². The Morgan fingerprint density at radius 1 is 0.931 bits per heavy atom. The van der Waals surface area contributed by atoms with Gasteiger partial charge in [0.15, 0.2) is 0 Å². The number of benzene rings is 2. The monoisotopic (exact) mass is 451 g/mol. The summed E-state index contributed by atoms with van der Waals surface area (Å²) in [7, 11) is -4.02. The highest BCUT2D eigenvalue weighted by Crippen LogP contribution is 2.44. The second kappa shape index (κ2) is 7.08. The van der Waals surface area contributed by atoms with Crippen molar-refractivity contribution in [2.75, 3.05) is 0 Å². The van der Waals surface area contributed by atoms with Gasteiger partial charge < -0.3 is 0 Å². The fourth-order valence-electron chi connectivity index (χ4n) is 2.48. The molecule has 0 amide bonds. The van der Waals surface area contributed by atoms with Crippen LogP contribution in [0.15, 0.2) is 59.5 Å². The van der Waals surface area contributed by atoms with Crippen LogP contribution in [-0.2, 0) is 15.9 Å². The van der Waals surface area contributed by atoms with Crippen molar-refractivity contribution in [3.63, 3.8) is 0 Å². The van der Waals surface area contributed by atoms with E-state index in [2.05, 4.69) is 5.10 Å². The summed E-state index contributed by atoms with van der Waals surface area (Å²) >= 11 is 5.79. The van der Waals surface area contributed by atoms with E-state index in [1.165, 1.54) is 36.4 Å². The first-order valence-corrected chi connectivity index (χ1v) is 9.67. The Labute approximate surface area is 166 Å². The lowest BCUT2D eigenvalue weighted by Crippen LogP contribution is -2.34. The lowest BCUT2D eigenvalue weighted by molar-refractivity contribution is -0.291. The van der Waals surface area contributed by atoms with Gasteiger partial charge in [-0.2, -0.15) is 27.1 Å². The van der Waals surface area contributed by atoms with Gasteiger partial charge in [-0.25, -0.2) is 18.2 Å². The van der Waals surface area contributed by atoms with Crippen LogP contribution in [0.25, 0.3) is 16.9 Å². The highest BCUT2D eigenvalue weighted by molar-refractivity contribution is 7.89. The quantitative estimate of drug-likeness (QED) is 0.593. The van der Waals surface area contributed by atoms with Crippen LogP contribution in [0.3, 0.4) is 0 Å². The first-order chi connectivity index (χ1) is 13.3. The number of aromatic nitrogens is 2. The lowest BCUT2D eigenvalue weighted by Gasteiger charge is -2.16. The molecule has 0 aliphatic rings. The van der Waals surface area contributed by atoms with Crippen molar-refractivity contribution in [3.05, 3.63) is 65.3 Å². The molecule has 12 heteroatoms. The lowest BCUT2D eigenvalue weighted by atomic mass is 10.1. The van der Waals surface area contributed by atoms with Crippen LogP contribution in [0.1, 0.15) is 5.69 Å². The van der Waals surface area contributed by atoms with Crippen molar-refractivity contribution in [1.29, 1.82) is 0 Å². The third-order valence-electron chi connectivity index (χ3n) is 3.94. The molecule has 3 aromatic rings. The third kappa shape index (κ3) is 4.11. The van der Waals surface area contributed by atoms with Crippen molar-refractivity contribution in [2.24, 2.45) is 5.14 Å². The molecule has 154 valence electrons. The van der Waals surface area contributed by atoms with Crippen molar-refractivity contribution in [1.82, 2.24) is 9.78 Å². The molecule has 0 radical (unpaired) electrons. The molecule has 1 aromatic heterocycles. The average Bonchev–Trinajstić information content (AvgIpc) is 3.07. The molecule has 0 saturated carbocycles. The number of alkyl halides is 5. The Bertz CT molecular complexity index is 1140. The maximum absolute atomic E-state index is 13.9. The summed E-state index contributed by atoms with van der Waals surface area (Å²) in [4.78, 5) is -0.262. The second-order valence-electron chi connectivity index (χ2n) is 5.94. The molecule has 3 rings (SSSR count). The summed E-state index contributed by atoms with van der Waals surface area (Å²) in [6.45, 7) is 0. The van der Waals surface area contributed by atoms with E-state index in [0.29, 0.717) is 11.1 Å². The zero-order valence-electron chi connectivity index (χ0n) is 14.2. The number of halogens is 6. The summed E-state index contributed by atoms with van der Waals surface area (Å²) in [6.07, 6.45) is -5.85. The van der Waals surface area contributed by atoms with Gasteiger partial charge >= 0.3 is 12.1 Å². The molecule has 1 heterocycles. The minimum absolute atomic E-state index is 0.0478. The first kappa shape index (κ1) is 21.2. The van der Waals surface area contributed by atoms with Gasteiger partial charge in [-0.05, 0) is 42.5 Å². The van der Waals surface area contributed by atoms with Gasteiger partial charge in [0.25, 0.3) is 0 Å². The van der Waals surface area contributed by atoms with Gasteiger partial charge in [0.05, 0.1) is 16.3 Å². The van der Waals surface area contributed by atoms with Crippen molar-refractivity contribution < 1.29 is 30.4 Å². The topological polar surface area (TPSA) is 78.0 Å². The van der Waals surface area contributed by atoms with Gasteiger partial charge in [0, 0.05) is 10.6 Å². The smallest absolute Gasteiger partial charge is 0.233 e. The molecule has 0 fully saturated rings. The number of rotatable bonds is 4. The van der Waals surface area contributed by atoms with Crippen LogP contribution in [0.5, 0.6) is 0 Å². The van der Waals surface area contributed by atoms with E-state index < -0.39 is 27.8 Å². The largest absolute Gasteiger partial charge is 0.459 e. The Balaban J connectivity index is 2.20. The van der Waals surface area contributed by atoms with E-state index in [1.807, 2.05) is 0 Å². The predicted molar refractivity (Wildman–Crippen MR) is 95.3 cm³/mol. The Morgan fingerprint density at radius 2 is 1.48 bits per heavy atom. The molecule has 29 heavy (non-hydrogen) atoms. The molecular weight excluding hydrogens is 441 g/mol. The molecule has 0 spiro atoms. The summed E-state index contributed by atoms with van der Waals surface area (Å²) < 4.78 is 89.7. The van der Waals surface area contributed by atoms with Gasteiger partial charge in [0.2, 0.25) is 10.0 Å². The van der Waals surface area contributed by atoms with Crippen molar-refractivity contribution in [2.45, 2.75) is 17.0 Å². The van der Waals surface area contributed by atoms with Gasteiger partial charge in [-0.1, -0.05) is 23.7 Å². The Morgan fingerprint density at radius 3 is 1.97 bits per heavy atom. The third-order valence-corrected chi connectivity index (χ3v) is 5.12. The number of nitrogens with zero attached hydrogens (tertiary/aromatic N) is 2. The molecular formula is C17H11ClF5N3O2S. The van der Waals surface area contributed by atoms with Crippen molar-refractivity contribution >= 4 is 21.6 Å². The van der Waals surface area contributed by atoms with E-state index in [0.717, 1.165) is 16.8 Å². The molecule has 0 unspecified atom stereocenters. The van der Waals surface area contributed by atoms with E-state index >= 15 is 0 Å². The number of hydrogen-bond acceptors (Lipinski definition) is 3. The normalized spacial score (nSPS) is 12.9. The molecule has 0 saturated heterocycles. The van der Waals surface area contributed by atoms with Crippen LogP contribution in [-0.4, -0.2) is 24.4 Å². The predicted octanol–water partition coefficient (Wildman–Crippen LogP) is 4.49. The van der Waals surface area contributed by atoms with Gasteiger partial charge in [0.1, 0.15) is 5.69 Å². The number of nitrogens with two attached hydrogens (primary N) is 1. The maximum atomic E-state index is 13.9. The fraction of sp³-hybridized carbons (Fsp3) is 0.118. The highest BCUT2D eigenvalue weighted by atomic mass is 35.5. The van der Waals surface area contributed by atoms with Gasteiger partial charge in [-0.15, -0.1) is 0 Å². The van der Waals surface area contributed by atoms with Crippen LogP contribution in [0.4, 0.5) is 22.0 Å². The minimum atomic E-state index is -5.85. The second-order valence-corrected chi connectivity index (χ2v) is 7.94. The molecule has 0 bridgehead atoms. The first-order valence-electron chi connectivity index (χ1n) is 7.75. The minimum Gasteiger partial charge on any atom is -0.233 e. The molecule has 0 aliphatic heterocycles. The van der Waals surface area contributed by atoms with E-state index in [1.54, 1.807) is 0 Å². The molecule has 0 atom stereocenters. The summed E-state index contributed by atoms with van der Waals surface area (Å²) in [5.74, 6) is -5.19. The molecule has 0 aliphatic carbocycles. The summed E-state index contributed by atoms with van der Waals surface area (Å²) in [5, 5.41) is 8.78. The summed E-state index contributed by atoms with van der Waals surface area (Å²) in [5.41, 5.74) is -1.28. The zero-order chi connectivity index (χ0) is 21.6. The fourth-order valence-corrected chi connectivity index (χ4v) is 3.12. The van der Waals surface area contributed by atoms with E-state index in [-0.39, 0.29) is 21.8 Å². The zero-order valence-corrected chi connectivity index (χ0v) is 15.7. The van der Waals surface area contributed by atoms with Crippen LogP contribution < -0.4 is 5.14 Å². The number of primary sulfonamides is 1. The number of sulfonamides is 1. The van der Waals surface area contributed by atoms with Crippen LogP contribution in [0, 0.1) is 0 Å². The average molecular weight is 452 g/mol. The Hall–Kier alpha value is -2.50. The number of hydrogen-bond donors (Lipinski definition) is 1. The SMILES string of the molecule is NS(=O)(=O)c1ccc(-n2nc(C(F)(F)C(F)(F)F)cc2-c2ccc(Cl)cc2)cc1. The standard InChI is InChI=1S/C17H11ClF5N3O2S/c18-11-3-1-10(2-4-11)14-9-15(16(19,20)17(21,22)23)25-26(14)12-5-7-13(8-6-12)29(24,27)28/h1-9H,(H2,24,27,28). The molecule has 5 nitrogen and oxygen atoms in total. The summed E-state index contributed by atoms with van der Waals surface area (Å²) in [6, 6.07) is 10.8. The molecule has 2 aromatic carbocycles. The van der Waals surface area contributed by atoms with Crippen LogP contribution in [0.2, 0.25) is 5.02 Å². The highest BCUT2D eigenvalue weighted by Gasteiger charge is 2.60. The maximum Gasteiger partial charge on any atom is 0.459 e. The molecule has 2 N–H and O–H groups in total. The van der Waals surface area contributed by atoms with Gasteiger partial charge in [-0.3, -0.25) is 0 Å². The van der Waals surface area contributed by atoms with E-state index in [4.69, 9.17) is 16.7 Å². The van der Waals surface area contributed by atoms with Crippen LogP contribution >= 0.6 is 11.6 Å².